The highest BCUT2D eigenvalue weighted by atomic mass is 32.1. The lowest BCUT2D eigenvalue weighted by atomic mass is 10.0. The van der Waals surface area contributed by atoms with Gasteiger partial charge in [-0.05, 0) is 30.9 Å². The van der Waals surface area contributed by atoms with Crippen molar-refractivity contribution in [3.8, 4) is 0 Å². The van der Waals surface area contributed by atoms with E-state index < -0.39 is 0 Å². The van der Waals surface area contributed by atoms with Crippen molar-refractivity contribution in [1.82, 2.24) is 15.5 Å². The molecule has 108 valence electrons. The van der Waals surface area contributed by atoms with Crippen LogP contribution in [0.4, 0.5) is 0 Å². The van der Waals surface area contributed by atoms with Gasteiger partial charge in [-0.2, -0.15) is 5.10 Å². The van der Waals surface area contributed by atoms with E-state index >= 15 is 0 Å². The summed E-state index contributed by atoms with van der Waals surface area (Å²) in [6, 6.07) is 13.3. The van der Waals surface area contributed by atoms with Crippen LogP contribution in [0.1, 0.15) is 33.3 Å². The number of aromatic nitrogens is 2. The predicted octanol–water partition coefficient (Wildman–Crippen LogP) is 3.97. The molecule has 2 heterocycles. The molecule has 2 N–H and O–H groups in total. The first-order valence-corrected chi connectivity index (χ1v) is 7.94. The SMILES string of the molecule is Cc1ccc([C@H](NCc2cn[nH]c2C)c2cccs2)cc1. The summed E-state index contributed by atoms with van der Waals surface area (Å²) in [5.41, 5.74) is 4.92. The third-order valence-corrected chi connectivity index (χ3v) is 4.61. The van der Waals surface area contributed by atoms with E-state index in [9.17, 15) is 0 Å². The average molecular weight is 297 g/mol. The van der Waals surface area contributed by atoms with Gasteiger partial charge in [-0.25, -0.2) is 0 Å². The summed E-state index contributed by atoms with van der Waals surface area (Å²) in [6.45, 7) is 4.97. The molecule has 0 saturated heterocycles. The Labute approximate surface area is 129 Å². The van der Waals surface area contributed by atoms with Gasteiger partial charge in [-0.15, -0.1) is 11.3 Å². The van der Waals surface area contributed by atoms with E-state index in [0.717, 1.165) is 12.2 Å². The first-order chi connectivity index (χ1) is 10.2. The minimum Gasteiger partial charge on any atom is -0.301 e. The maximum atomic E-state index is 4.08. The molecule has 3 rings (SSSR count). The van der Waals surface area contributed by atoms with Gasteiger partial charge in [0.05, 0.1) is 12.2 Å². The number of aromatic amines is 1. The third-order valence-electron chi connectivity index (χ3n) is 3.67. The van der Waals surface area contributed by atoms with E-state index in [-0.39, 0.29) is 6.04 Å². The van der Waals surface area contributed by atoms with Crippen molar-refractivity contribution in [2.45, 2.75) is 26.4 Å². The van der Waals surface area contributed by atoms with E-state index in [4.69, 9.17) is 0 Å². The molecule has 21 heavy (non-hydrogen) atoms. The lowest BCUT2D eigenvalue weighted by Gasteiger charge is -2.18. The molecule has 0 fully saturated rings. The van der Waals surface area contributed by atoms with Crippen molar-refractivity contribution in [2.75, 3.05) is 0 Å². The molecule has 4 heteroatoms. The number of rotatable bonds is 5. The summed E-state index contributed by atoms with van der Waals surface area (Å²) < 4.78 is 0. The molecule has 0 bridgehead atoms. The number of hydrogen-bond donors (Lipinski definition) is 2. The summed E-state index contributed by atoms with van der Waals surface area (Å²) in [4.78, 5) is 1.33. The highest BCUT2D eigenvalue weighted by Gasteiger charge is 2.15. The zero-order chi connectivity index (χ0) is 14.7. The van der Waals surface area contributed by atoms with Crippen molar-refractivity contribution in [2.24, 2.45) is 0 Å². The Morgan fingerprint density at radius 2 is 2.00 bits per heavy atom. The largest absolute Gasteiger partial charge is 0.301 e. The Morgan fingerprint density at radius 3 is 2.62 bits per heavy atom. The Balaban J connectivity index is 1.83. The van der Waals surface area contributed by atoms with Gasteiger partial charge in [0.2, 0.25) is 0 Å². The minimum absolute atomic E-state index is 0.222. The molecule has 2 aromatic heterocycles. The maximum Gasteiger partial charge on any atom is 0.0673 e. The number of aryl methyl sites for hydroxylation is 2. The lowest BCUT2D eigenvalue weighted by molar-refractivity contribution is 0.611. The highest BCUT2D eigenvalue weighted by molar-refractivity contribution is 7.10. The summed E-state index contributed by atoms with van der Waals surface area (Å²) in [5.74, 6) is 0. The second-order valence-corrected chi connectivity index (χ2v) is 6.24. The Kier molecular flexibility index (Phi) is 4.18. The van der Waals surface area contributed by atoms with Crippen LogP contribution in [0.3, 0.4) is 0 Å². The Bertz CT molecular complexity index is 683. The second-order valence-electron chi connectivity index (χ2n) is 5.26. The van der Waals surface area contributed by atoms with Crippen LogP contribution in [-0.2, 0) is 6.54 Å². The summed E-state index contributed by atoms with van der Waals surface area (Å²) in [5, 5.41) is 12.8. The van der Waals surface area contributed by atoms with E-state index in [0.29, 0.717) is 0 Å². The van der Waals surface area contributed by atoms with E-state index in [2.05, 4.69) is 71.1 Å². The van der Waals surface area contributed by atoms with Gasteiger partial charge in [0, 0.05) is 22.7 Å². The fourth-order valence-corrected chi connectivity index (χ4v) is 3.19. The molecule has 1 atom stereocenters. The molecule has 3 aromatic rings. The van der Waals surface area contributed by atoms with Crippen molar-refractivity contribution in [3.63, 3.8) is 0 Å². The number of H-pyrrole nitrogens is 1. The van der Waals surface area contributed by atoms with E-state index in [1.165, 1.54) is 21.6 Å². The van der Waals surface area contributed by atoms with Crippen LogP contribution in [-0.4, -0.2) is 10.2 Å². The summed E-state index contributed by atoms with van der Waals surface area (Å²) in [7, 11) is 0. The monoisotopic (exact) mass is 297 g/mol. The number of nitrogens with one attached hydrogen (secondary N) is 2. The van der Waals surface area contributed by atoms with Crippen molar-refractivity contribution in [3.05, 3.63) is 75.2 Å². The summed E-state index contributed by atoms with van der Waals surface area (Å²) >= 11 is 1.79. The number of hydrogen-bond acceptors (Lipinski definition) is 3. The first-order valence-electron chi connectivity index (χ1n) is 7.06. The van der Waals surface area contributed by atoms with Crippen molar-refractivity contribution in [1.29, 1.82) is 0 Å². The molecule has 0 radical (unpaired) electrons. The average Bonchev–Trinajstić information content (AvgIpc) is 3.13. The van der Waals surface area contributed by atoms with Crippen molar-refractivity contribution < 1.29 is 0 Å². The van der Waals surface area contributed by atoms with Crippen LogP contribution < -0.4 is 5.32 Å². The number of thiophene rings is 1. The van der Waals surface area contributed by atoms with Gasteiger partial charge in [0.1, 0.15) is 0 Å². The normalized spacial score (nSPS) is 12.5. The van der Waals surface area contributed by atoms with Gasteiger partial charge < -0.3 is 5.32 Å². The standard InChI is InChI=1S/C17H19N3S/c1-12-5-7-14(8-6-12)17(16-4-3-9-21-16)18-10-15-11-19-20-13(15)2/h3-9,11,17-18H,10H2,1-2H3,(H,19,20)/t17-/m0/s1. The van der Waals surface area contributed by atoms with Crippen molar-refractivity contribution >= 4 is 11.3 Å². The topological polar surface area (TPSA) is 40.7 Å². The molecule has 0 amide bonds. The van der Waals surface area contributed by atoms with Gasteiger partial charge >= 0.3 is 0 Å². The van der Waals surface area contributed by atoms with E-state index in [1.54, 1.807) is 11.3 Å². The van der Waals surface area contributed by atoms with E-state index in [1.807, 2.05) is 6.20 Å². The van der Waals surface area contributed by atoms with Crippen LogP contribution in [0, 0.1) is 13.8 Å². The third kappa shape index (κ3) is 3.23. The fourth-order valence-electron chi connectivity index (χ4n) is 2.36. The number of nitrogens with zero attached hydrogens (tertiary/aromatic N) is 1. The predicted molar refractivity (Wildman–Crippen MR) is 87.5 cm³/mol. The van der Waals surface area contributed by atoms with Gasteiger partial charge in [0.25, 0.3) is 0 Å². The van der Waals surface area contributed by atoms with Crippen LogP contribution >= 0.6 is 11.3 Å². The molecular weight excluding hydrogens is 278 g/mol. The quantitative estimate of drug-likeness (QED) is 0.748. The molecule has 0 unspecified atom stereocenters. The molecule has 0 aliphatic carbocycles. The first kappa shape index (κ1) is 14.0. The summed E-state index contributed by atoms with van der Waals surface area (Å²) in [6.07, 6.45) is 1.89. The molecule has 0 aliphatic rings. The van der Waals surface area contributed by atoms with Gasteiger partial charge in [0.15, 0.2) is 0 Å². The van der Waals surface area contributed by atoms with Crippen LogP contribution in [0.15, 0.2) is 48.0 Å². The lowest BCUT2D eigenvalue weighted by Crippen LogP contribution is -2.21. The highest BCUT2D eigenvalue weighted by Crippen LogP contribution is 2.26. The maximum absolute atomic E-state index is 4.08. The minimum atomic E-state index is 0.222. The molecule has 0 aliphatic heterocycles. The smallest absolute Gasteiger partial charge is 0.0673 e. The number of benzene rings is 1. The fraction of sp³-hybridized carbons (Fsp3) is 0.235. The molecule has 0 saturated carbocycles. The van der Waals surface area contributed by atoms with Crippen LogP contribution in [0.5, 0.6) is 0 Å². The molecular formula is C17H19N3S. The van der Waals surface area contributed by atoms with Gasteiger partial charge in [-0.1, -0.05) is 35.9 Å². The van der Waals surface area contributed by atoms with Crippen LogP contribution in [0.2, 0.25) is 0 Å². The zero-order valence-corrected chi connectivity index (χ0v) is 13.1. The Hall–Kier alpha value is -1.91. The Morgan fingerprint density at radius 1 is 1.19 bits per heavy atom. The zero-order valence-electron chi connectivity index (χ0n) is 12.3. The second kappa shape index (κ2) is 6.24. The molecule has 3 nitrogen and oxygen atoms in total. The molecule has 1 aromatic carbocycles. The van der Waals surface area contributed by atoms with Crippen LogP contribution in [0.25, 0.3) is 0 Å². The molecule has 0 spiro atoms. The van der Waals surface area contributed by atoms with Gasteiger partial charge in [-0.3, -0.25) is 5.10 Å².